The van der Waals surface area contributed by atoms with Crippen molar-refractivity contribution in [3.8, 4) is 0 Å². The number of carbonyl (C=O) groups is 3. The van der Waals surface area contributed by atoms with E-state index in [0.29, 0.717) is 6.54 Å². The predicted octanol–water partition coefficient (Wildman–Crippen LogP) is 2.77. The Kier molecular flexibility index (Phi) is 6.04. The molecule has 2 aromatic heterocycles. The molecule has 2 atom stereocenters. The highest BCUT2D eigenvalue weighted by Gasteiger charge is 2.35. The van der Waals surface area contributed by atoms with Gasteiger partial charge in [-0.1, -0.05) is 24.3 Å². The van der Waals surface area contributed by atoms with Crippen LogP contribution in [0.25, 0.3) is 10.2 Å². The molecule has 166 valence electrons. The van der Waals surface area contributed by atoms with E-state index in [1.54, 1.807) is 16.2 Å². The number of carbonyl (C=O) groups excluding carboxylic acids is 3. The largest absolute Gasteiger partial charge is 0.365 e. The van der Waals surface area contributed by atoms with Crippen LogP contribution in [0, 0.1) is 5.92 Å². The highest BCUT2D eigenvalue weighted by molar-refractivity contribution is 7.22. The first-order chi connectivity index (χ1) is 15.4. The van der Waals surface area contributed by atoms with Gasteiger partial charge in [-0.05, 0) is 48.6 Å². The number of amides is 3. The van der Waals surface area contributed by atoms with Crippen molar-refractivity contribution in [3.63, 3.8) is 0 Å². The van der Waals surface area contributed by atoms with Gasteiger partial charge < -0.3 is 21.3 Å². The molecule has 1 aliphatic heterocycles. The molecule has 0 saturated carbocycles. The molecule has 1 aliphatic rings. The van der Waals surface area contributed by atoms with Gasteiger partial charge in [-0.15, -0.1) is 0 Å². The maximum absolute atomic E-state index is 13.2. The van der Waals surface area contributed by atoms with Crippen molar-refractivity contribution in [1.82, 2.24) is 14.9 Å². The summed E-state index contributed by atoms with van der Waals surface area (Å²) in [6.45, 7) is 2.51. The fraction of sp³-hybridized carbons (Fsp3) is 0.318. The van der Waals surface area contributed by atoms with Crippen LogP contribution in [0.2, 0.25) is 0 Å². The molecule has 4 rings (SSSR count). The minimum absolute atomic E-state index is 0.0246. The fourth-order valence-corrected chi connectivity index (χ4v) is 4.78. The van der Waals surface area contributed by atoms with Crippen molar-refractivity contribution in [2.75, 3.05) is 24.2 Å². The number of likely N-dealkylation sites (tertiary alicyclic amines) is 1. The molecular weight excluding hydrogens is 428 g/mol. The third kappa shape index (κ3) is 4.26. The zero-order chi connectivity index (χ0) is 22.8. The molecule has 1 aromatic carbocycles. The van der Waals surface area contributed by atoms with Crippen molar-refractivity contribution in [2.24, 2.45) is 11.7 Å². The number of rotatable bonds is 4. The average Bonchev–Trinajstić information content (AvgIpc) is 3.21. The van der Waals surface area contributed by atoms with Crippen molar-refractivity contribution >= 4 is 50.2 Å². The Morgan fingerprint density at radius 1 is 1.22 bits per heavy atom. The number of thiazole rings is 1. The van der Waals surface area contributed by atoms with Gasteiger partial charge in [0.05, 0.1) is 21.8 Å². The second-order valence-corrected chi connectivity index (χ2v) is 8.90. The Balaban J connectivity index is 1.60. The number of nitrogens with two attached hydrogens (primary N) is 1. The summed E-state index contributed by atoms with van der Waals surface area (Å²) in [5, 5.41) is 6.33. The first kappa shape index (κ1) is 21.7. The molecule has 0 radical (unpaired) electrons. The standard InChI is InChI=1S/C22H24N6O3S/c1-12-5-7-16(13-6-8-17-15(10-13)26-22(24-2)32-17)28(11-12)21(31)20(30)27-19-14(18(23)29)4-3-9-25-19/h3-4,6,8-10,12,16H,5,7,11H2,1-2H3,(H2,23,29)(H,24,26)(H,25,27,30)/t12-,16+/m0/s1. The summed E-state index contributed by atoms with van der Waals surface area (Å²) in [5.41, 5.74) is 7.19. The molecule has 9 nitrogen and oxygen atoms in total. The average molecular weight is 453 g/mol. The lowest BCUT2D eigenvalue weighted by atomic mass is 9.89. The summed E-state index contributed by atoms with van der Waals surface area (Å²) in [6, 6.07) is 8.71. The number of piperidine rings is 1. The number of nitrogens with one attached hydrogen (secondary N) is 2. The van der Waals surface area contributed by atoms with Crippen LogP contribution in [0.5, 0.6) is 0 Å². The number of hydrogen-bond donors (Lipinski definition) is 3. The molecule has 32 heavy (non-hydrogen) atoms. The SMILES string of the molecule is CNc1nc2cc([C@H]3CC[C@H](C)CN3C(=O)C(=O)Nc3ncccc3C(N)=O)ccc2s1. The van der Waals surface area contributed by atoms with E-state index in [1.165, 1.54) is 18.3 Å². The number of anilines is 2. The van der Waals surface area contributed by atoms with Gasteiger partial charge in [0.2, 0.25) is 0 Å². The lowest BCUT2D eigenvalue weighted by Gasteiger charge is -2.38. The second kappa shape index (κ2) is 8.91. The van der Waals surface area contributed by atoms with Crippen LogP contribution in [-0.4, -0.2) is 46.2 Å². The monoisotopic (exact) mass is 452 g/mol. The van der Waals surface area contributed by atoms with Crippen LogP contribution < -0.4 is 16.4 Å². The van der Waals surface area contributed by atoms with Gasteiger partial charge in [-0.3, -0.25) is 14.4 Å². The molecule has 1 fully saturated rings. The molecule has 0 aliphatic carbocycles. The topological polar surface area (TPSA) is 130 Å². The zero-order valence-corrected chi connectivity index (χ0v) is 18.6. The molecule has 3 heterocycles. The third-order valence-electron chi connectivity index (χ3n) is 5.59. The lowest BCUT2D eigenvalue weighted by molar-refractivity contribution is -0.146. The van der Waals surface area contributed by atoms with E-state index in [-0.39, 0.29) is 23.3 Å². The number of fused-ring (bicyclic) bond motifs is 1. The van der Waals surface area contributed by atoms with Crippen molar-refractivity contribution < 1.29 is 14.4 Å². The minimum Gasteiger partial charge on any atom is -0.365 e. The van der Waals surface area contributed by atoms with Gasteiger partial charge in [0, 0.05) is 19.8 Å². The maximum atomic E-state index is 13.2. The predicted molar refractivity (Wildman–Crippen MR) is 123 cm³/mol. The first-order valence-corrected chi connectivity index (χ1v) is 11.1. The molecule has 4 N–H and O–H groups in total. The summed E-state index contributed by atoms with van der Waals surface area (Å²) in [5.74, 6) is -2.02. The maximum Gasteiger partial charge on any atom is 0.315 e. The summed E-state index contributed by atoms with van der Waals surface area (Å²) in [7, 11) is 1.82. The van der Waals surface area contributed by atoms with E-state index in [2.05, 4.69) is 27.5 Å². The molecular formula is C22H24N6O3S. The first-order valence-electron chi connectivity index (χ1n) is 10.3. The molecule has 3 aromatic rings. The minimum atomic E-state index is -0.850. The van der Waals surface area contributed by atoms with Crippen molar-refractivity contribution in [1.29, 1.82) is 0 Å². The van der Waals surface area contributed by atoms with Crippen LogP contribution in [0.4, 0.5) is 10.9 Å². The van der Waals surface area contributed by atoms with Gasteiger partial charge in [-0.2, -0.15) is 0 Å². The van der Waals surface area contributed by atoms with Gasteiger partial charge in [-0.25, -0.2) is 9.97 Å². The van der Waals surface area contributed by atoms with Crippen molar-refractivity contribution in [3.05, 3.63) is 47.7 Å². The van der Waals surface area contributed by atoms with E-state index in [4.69, 9.17) is 5.73 Å². The number of hydrogen-bond acceptors (Lipinski definition) is 7. The number of benzene rings is 1. The highest BCUT2D eigenvalue weighted by Crippen LogP contribution is 2.36. The smallest absolute Gasteiger partial charge is 0.315 e. The van der Waals surface area contributed by atoms with Gasteiger partial charge >= 0.3 is 11.8 Å². The van der Waals surface area contributed by atoms with Crippen molar-refractivity contribution in [2.45, 2.75) is 25.8 Å². The van der Waals surface area contributed by atoms with Crippen LogP contribution in [-0.2, 0) is 9.59 Å². The molecule has 3 amide bonds. The number of primary amides is 1. The van der Waals surface area contributed by atoms with Gasteiger partial charge in [0.25, 0.3) is 5.91 Å². The van der Waals surface area contributed by atoms with Gasteiger partial charge in [0.1, 0.15) is 5.82 Å². The molecule has 10 heteroatoms. The number of aromatic nitrogens is 2. The Labute approximate surface area is 189 Å². The van der Waals surface area contributed by atoms with E-state index in [1.807, 2.05) is 25.2 Å². The lowest BCUT2D eigenvalue weighted by Crippen LogP contribution is -2.46. The molecule has 0 bridgehead atoms. The highest BCUT2D eigenvalue weighted by atomic mass is 32.1. The second-order valence-electron chi connectivity index (χ2n) is 7.87. The summed E-state index contributed by atoms with van der Waals surface area (Å²) in [4.78, 5) is 47.7. The van der Waals surface area contributed by atoms with Gasteiger partial charge in [0.15, 0.2) is 5.13 Å². The van der Waals surface area contributed by atoms with E-state index in [9.17, 15) is 14.4 Å². The van der Waals surface area contributed by atoms with Crippen LogP contribution in [0.3, 0.4) is 0 Å². The number of nitrogens with zero attached hydrogens (tertiary/aromatic N) is 3. The molecule has 1 saturated heterocycles. The Morgan fingerprint density at radius 2 is 2.03 bits per heavy atom. The summed E-state index contributed by atoms with van der Waals surface area (Å²) >= 11 is 1.56. The molecule has 0 spiro atoms. The van der Waals surface area contributed by atoms with E-state index < -0.39 is 17.7 Å². The van der Waals surface area contributed by atoms with Crippen LogP contribution in [0.1, 0.15) is 41.7 Å². The van der Waals surface area contributed by atoms with E-state index in [0.717, 1.165) is 33.8 Å². The van der Waals surface area contributed by atoms with Crippen LogP contribution >= 0.6 is 11.3 Å². The molecule has 0 unspecified atom stereocenters. The zero-order valence-electron chi connectivity index (χ0n) is 17.8. The normalized spacial score (nSPS) is 18.4. The van der Waals surface area contributed by atoms with Crippen LogP contribution in [0.15, 0.2) is 36.5 Å². The Bertz CT molecular complexity index is 1190. The quantitative estimate of drug-likeness (QED) is 0.522. The summed E-state index contributed by atoms with van der Waals surface area (Å²) in [6.07, 6.45) is 3.10. The van der Waals surface area contributed by atoms with E-state index >= 15 is 0 Å². The Morgan fingerprint density at radius 3 is 2.78 bits per heavy atom. The Hall–Kier alpha value is -3.53. The number of pyridine rings is 1. The summed E-state index contributed by atoms with van der Waals surface area (Å²) < 4.78 is 1.05. The fourth-order valence-electron chi connectivity index (χ4n) is 3.98. The third-order valence-corrected chi connectivity index (χ3v) is 6.64.